The van der Waals surface area contributed by atoms with Gasteiger partial charge in [0.25, 0.3) is 0 Å². The summed E-state index contributed by atoms with van der Waals surface area (Å²) in [7, 11) is 0. The van der Waals surface area contributed by atoms with Crippen molar-refractivity contribution in [2.24, 2.45) is 4.99 Å². The highest BCUT2D eigenvalue weighted by molar-refractivity contribution is 14.1. The maximum Gasteiger partial charge on any atom is 0.303 e. The summed E-state index contributed by atoms with van der Waals surface area (Å²) in [5.74, 6) is -0.916. The summed E-state index contributed by atoms with van der Waals surface area (Å²) >= 11 is 6.59. The second kappa shape index (κ2) is 7.28. The summed E-state index contributed by atoms with van der Waals surface area (Å²) in [6.45, 7) is 4.31. The van der Waals surface area contributed by atoms with Crippen LogP contribution >= 0.6 is 34.8 Å². The van der Waals surface area contributed by atoms with Crippen LogP contribution in [0.1, 0.15) is 20.8 Å². The summed E-state index contributed by atoms with van der Waals surface area (Å²) in [6.07, 6.45) is -2.34. The van der Waals surface area contributed by atoms with Gasteiger partial charge in [-0.25, -0.2) is 0 Å². The van der Waals surface area contributed by atoms with Gasteiger partial charge >= 0.3 is 11.9 Å². The third kappa shape index (κ3) is 4.48. The standard InChI is InChI=1S/C11H14INO5S/c1-5-9(17-6(2)14)10(18-7(3)15)8(12)11(16-5)13-4-19/h5,8-11H,1-3H3/t5-,8+,9-,10-,11+/m0/s1. The molecule has 0 amide bonds. The Labute approximate surface area is 130 Å². The molecule has 1 saturated heterocycles. The van der Waals surface area contributed by atoms with E-state index in [1.165, 1.54) is 13.8 Å². The van der Waals surface area contributed by atoms with E-state index in [2.05, 4.69) is 22.4 Å². The van der Waals surface area contributed by atoms with Crippen LogP contribution in [-0.4, -0.2) is 45.6 Å². The average Bonchev–Trinajstić information content (AvgIpc) is 2.29. The van der Waals surface area contributed by atoms with Crippen LogP contribution < -0.4 is 0 Å². The molecule has 6 nitrogen and oxygen atoms in total. The van der Waals surface area contributed by atoms with Crippen molar-refractivity contribution >= 4 is 51.9 Å². The molecule has 0 unspecified atom stereocenters. The molecule has 0 bridgehead atoms. The fourth-order valence-corrected chi connectivity index (χ4v) is 2.81. The van der Waals surface area contributed by atoms with E-state index in [1.807, 2.05) is 22.6 Å². The molecule has 0 aromatic rings. The molecule has 1 heterocycles. The molecule has 106 valence electrons. The van der Waals surface area contributed by atoms with Gasteiger partial charge in [-0.1, -0.05) is 22.6 Å². The molecule has 8 heteroatoms. The van der Waals surface area contributed by atoms with Crippen LogP contribution in [0, 0.1) is 0 Å². The quantitative estimate of drug-likeness (QED) is 0.236. The number of esters is 2. The lowest BCUT2D eigenvalue weighted by Gasteiger charge is -2.40. The van der Waals surface area contributed by atoms with Gasteiger partial charge in [-0.3, -0.25) is 9.59 Å². The highest BCUT2D eigenvalue weighted by Crippen LogP contribution is 2.31. The molecule has 0 aromatic heterocycles. The van der Waals surface area contributed by atoms with E-state index in [1.54, 1.807) is 6.92 Å². The van der Waals surface area contributed by atoms with E-state index < -0.39 is 36.5 Å². The second-order valence-corrected chi connectivity index (χ2v) is 5.67. The molecular formula is C11H14INO5S. The fourth-order valence-electron chi connectivity index (χ4n) is 1.81. The Morgan fingerprint density at radius 1 is 1.26 bits per heavy atom. The number of ether oxygens (including phenoxy) is 3. The zero-order valence-corrected chi connectivity index (χ0v) is 13.6. The van der Waals surface area contributed by atoms with Gasteiger partial charge in [0.2, 0.25) is 0 Å². The predicted molar refractivity (Wildman–Crippen MR) is 78.3 cm³/mol. The van der Waals surface area contributed by atoms with Gasteiger partial charge in [0.1, 0.15) is 0 Å². The highest BCUT2D eigenvalue weighted by atomic mass is 127. The van der Waals surface area contributed by atoms with E-state index >= 15 is 0 Å². The molecule has 0 aromatic carbocycles. The first-order chi connectivity index (χ1) is 8.86. The predicted octanol–water partition coefficient (Wildman–Crippen LogP) is 1.50. The Hall–Kier alpha value is -0.570. The highest BCUT2D eigenvalue weighted by Gasteiger charge is 2.47. The third-order valence-corrected chi connectivity index (χ3v) is 3.94. The summed E-state index contributed by atoms with van der Waals surface area (Å²) in [5, 5.41) is 2.25. The van der Waals surface area contributed by atoms with Crippen molar-refractivity contribution in [3.63, 3.8) is 0 Å². The lowest BCUT2D eigenvalue weighted by Crippen LogP contribution is -2.56. The van der Waals surface area contributed by atoms with Crippen molar-refractivity contribution in [3.05, 3.63) is 0 Å². The molecule has 1 rings (SSSR count). The molecule has 0 aliphatic carbocycles. The molecule has 1 fully saturated rings. The summed E-state index contributed by atoms with van der Waals surface area (Å²) in [4.78, 5) is 26.2. The van der Waals surface area contributed by atoms with Crippen molar-refractivity contribution < 1.29 is 23.8 Å². The van der Waals surface area contributed by atoms with Crippen LogP contribution in [0.4, 0.5) is 0 Å². The zero-order valence-electron chi connectivity index (χ0n) is 10.7. The number of aliphatic imine (C=N–C) groups is 1. The van der Waals surface area contributed by atoms with E-state index in [0.717, 1.165) is 0 Å². The number of thiocarbonyl (C=S) groups is 1. The number of isothiocyanates is 1. The maximum absolute atomic E-state index is 11.2. The topological polar surface area (TPSA) is 74.2 Å². The molecule has 5 atom stereocenters. The minimum Gasteiger partial charge on any atom is -0.457 e. The number of halogens is 1. The normalized spacial score (nSPS) is 34.0. The van der Waals surface area contributed by atoms with Gasteiger partial charge in [-0.05, 0) is 19.1 Å². The van der Waals surface area contributed by atoms with Crippen LogP contribution in [0.5, 0.6) is 0 Å². The first kappa shape index (κ1) is 16.5. The molecule has 0 N–H and O–H groups in total. The van der Waals surface area contributed by atoms with Crippen molar-refractivity contribution in [1.82, 2.24) is 0 Å². The fraction of sp³-hybridized carbons (Fsp3) is 0.727. The maximum atomic E-state index is 11.2. The minimum atomic E-state index is -0.667. The van der Waals surface area contributed by atoms with Crippen molar-refractivity contribution in [2.45, 2.75) is 49.2 Å². The Bertz CT molecular complexity index is 412. The van der Waals surface area contributed by atoms with E-state index in [4.69, 9.17) is 14.2 Å². The van der Waals surface area contributed by atoms with Crippen LogP contribution in [0.3, 0.4) is 0 Å². The molecule has 0 radical (unpaired) electrons. The Balaban J connectivity index is 2.98. The monoisotopic (exact) mass is 399 g/mol. The lowest BCUT2D eigenvalue weighted by molar-refractivity contribution is -0.198. The van der Waals surface area contributed by atoms with Gasteiger partial charge < -0.3 is 14.2 Å². The number of carbonyl (C=O) groups is 2. The zero-order chi connectivity index (χ0) is 14.6. The summed E-state index contributed by atoms with van der Waals surface area (Å²) in [5.41, 5.74) is 0. The van der Waals surface area contributed by atoms with Crippen molar-refractivity contribution in [3.8, 4) is 0 Å². The average molecular weight is 399 g/mol. The minimum absolute atomic E-state index is 0.322. The second-order valence-electron chi connectivity index (χ2n) is 4.04. The number of hydrogen-bond acceptors (Lipinski definition) is 7. The molecular weight excluding hydrogens is 385 g/mol. The van der Waals surface area contributed by atoms with Crippen LogP contribution in [0.15, 0.2) is 4.99 Å². The number of nitrogens with zero attached hydrogens (tertiary/aromatic N) is 1. The summed E-state index contributed by atoms with van der Waals surface area (Å²) < 4.78 is 15.7. The number of carbonyl (C=O) groups excluding carboxylic acids is 2. The molecule has 1 aliphatic rings. The Morgan fingerprint density at radius 3 is 2.26 bits per heavy atom. The van der Waals surface area contributed by atoms with E-state index in [9.17, 15) is 9.59 Å². The van der Waals surface area contributed by atoms with Crippen molar-refractivity contribution in [2.75, 3.05) is 0 Å². The first-order valence-electron chi connectivity index (χ1n) is 5.57. The van der Waals surface area contributed by atoms with Crippen LogP contribution in [0.2, 0.25) is 0 Å². The molecule has 0 saturated carbocycles. The van der Waals surface area contributed by atoms with E-state index in [-0.39, 0.29) is 3.92 Å². The van der Waals surface area contributed by atoms with Gasteiger partial charge in [0.15, 0.2) is 18.4 Å². The molecule has 0 spiro atoms. The Morgan fingerprint density at radius 2 is 1.79 bits per heavy atom. The largest absolute Gasteiger partial charge is 0.457 e. The van der Waals surface area contributed by atoms with Crippen molar-refractivity contribution in [1.29, 1.82) is 0 Å². The molecule has 1 aliphatic heterocycles. The smallest absolute Gasteiger partial charge is 0.303 e. The third-order valence-electron chi connectivity index (χ3n) is 2.51. The van der Waals surface area contributed by atoms with Gasteiger partial charge in [-0.2, -0.15) is 4.99 Å². The van der Waals surface area contributed by atoms with Crippen LogP contribution in [-0.2, 0) is 23.8 Å². The van der Waals surface area contributed by atoms with Gasteiger partial charge in [0.05, 0.1) is 15.2 Å². The van der Waals surface area contributed by atoms with Crippen LogP contribution in [0.25, 0.3) is 0 Å². The van der Waals surface area contributed by atoms with E-state index in [0.29, 0.717) is 0 Å². The number of rotatable bonds is 3. The van der Waals surface area contributed by atoms with Gasteiger partial charge in [0, 0.05) is 13.8 Å². The SMILES string of the molecule is CC(=O)O[C@@H]1[C@@H](OC(C)=O)[C@@H](I)[C@H](N=C=S)O[C@H]1C. The number of hydrogen-bond donors (Lipinski definition) is 0. The molecule has 19 heavy (non-hydrogen) atoms. The van der Waals surface area contributed by atoms with Gasteiger partial charge in [-0.15, -0.1) is 0 Å². The number of alkyl halides is 1. The lowest BCUT2D eigenvalue weighted by atomic mass is 10.0. The first-order valence-corrected chi connectivity index (χ1v) is 7.23. The Kier molecular flexibility index (Phi) is 6.31. The summed E-state index contributed by atoms with van der Waals surface area (Å²) in [6, 6.07) is 0.